The van der Waals surface area contributed by atoms with Crippen molar-refractivity contribution in [3.63, 3.8) is 0 Å². The third-order valence-corrected chi connectivity index (χ3v) is 3.40. The molecule has 0 amide bonds. The molecule has 0 radical (unpaired) electrons. The largest absolute Gasteiger partial charge is 0.376 e. The molecule has 1 heterocycles. The molecule has 4 heteroatoms. The van der Waals surface area contributed by atoms with Crippen molar-refractivity contribution in [1.29, 1.82) is 0 Å². The van der Waals surface area contributed by atoms with Crippen LogP contribution in [0.4, 0.5) is 0 Å². The van der Waals surface area contributed by atoms with E-state index in [0.29, 0.717) is 0 Å². The Bertz CT molecular complexity index is 311. The first-order chi connectivity index (χ1) is 7.29. The summed E-state index contributed by atoms with van der Waals surface area (Å²) in [6.45, 7) is 1.45. The summed E-state index contributed by atoms with van der Waals surface area (Å²) < 4.78 is 11.9. The predicted octanol–water partition coefficient (Wildman–Crippen LogP) is 3.23. The molecule has 15 heavy (non-hydrogen) atoms. The van der Waals surface area contributed by atoms with Crippen molar-refractivity contribution in [2.24, 2.45) is 0 Å². The van der Waals surface area contributed by atoms with Crippen LogP contribution < -0.4 is 0 Å². The van der Waals surface area contributed by atoms with E-state index in [1.807, 2.05) is 24.3 Å². The third kappa shape index (κ3) is 3.06. The summed E-state index contributed by atoms with van der Waals surface area (Å²) in [4.78, 5) is 0. The zero-order chi connectivity index (χ0) is 10.7. The van der Waals surface area contributed by atoms with Gasteiger partial charge in [-0.2, -0.15) is 0 Å². The Balaban J connectivity index is 2.01. The van der Waals surface area contributed by atoms with Gasteiger partial charge in [-0.15, -0.1) is 0 Å². The van der Waals surface area contributed by atoms with Crippen LogP contribution >= 0.6 is 34.2 Å². The van der Waals surface area contributed by atoms with Crippen LogP contribution in [0.5, 0.6) is 0 Å². The van der Waals surface area contributed by atoms with E-state index in [-0.39, 0.29) is 12.2 Å². The van der Waals surface area contributed by atoms with Crippen LogP contribution in [0.25, 0.3) is 0 Å². The highest BCUT2D eigenvalue weighted by molar-refractivity contribution is 14.1. The van der Waals surface area contributed by atoms with E-state index in [1.165, 1.54) is 5.56 Å². The quantitative estimate of drug-likeness (QED) is 0.620. The molecule has 82 valence electrons. The van der Waals surface area contributed by atoms with Gasteiger partial charge in [-0.3, -0.25) is 0 Å². The molecule has 1 unspecified atom stereocenters. The smallest absolute Gasteiger partial charge is 0.105 e. The number of alkyl halides is 1. The third-order valence-electron chi connectivity index (χ3n) is 2.35. The van der Waals surface area contributed by atoms with Crippen molar-refractivity contribution >= 4 is 34.2 Å². The summed E-state index contributed by atoms with van der Waals surface area (Å²) in [5, 5.41) is 0.762. The first-order valence-corrected chi connectivity index (χ1v) is 6.74. The lowest BCUT2D eigenvalue weighted by Crippen LogP contribution is -2.37. The van der Waals surface area contributed by atoms with E-state index < -0.39 is 0 Å². The van der Waals surface area contributed by atoms with Gasteiger partial charge in [0.15, 0.2) is 0 Å². The molecule has 2 nitrogen and oxygen atoms in total. The summed E-state index contributed by atoms with van der Waals surface area (Å²) >= 11 is 8.18. The molecule has 0 saturated carbocycles. The van der Waals surface area contributed by atoms with E-state index in [0.717, 1.165) is 22.7 Å². The Labute approximate surface area is 108 Å². The van der Waals surface area contributed by atoms with Crippen molar-refractivity contribution in [2.75, 3.05) is 17.6 Å². The number of benzene rings is 1. The fourth-order valence-electron chi connectivity index (χ4n) is 1.41. The Morgan fingerprint density at radius 2 is 2.07 bits per heavy atom. The molecule has 1 atom stereocenters. The molecule has 1 aliphatic heterocycles. The minimum atomic E-state index is 0.150. The van der Waals surface area contributed by atoms with Gasteiger partial charge in [-0.05, 0) is 17.7 Å². The molecule has 1 saturated heterocycles. The van der Waals surface area contributed by atoms with Gasteiger partial charge in [-0.25, -0.2) is 0 Å². The van der Waals surface area contributed by atoms with Crippen LogP contribution in [0.2, 0.25) is 5.02 Å². The average molecular weight is 339 g/mol. The zero-order valence-electron chi connectivity index (χ0n) is 8.16. The van der Waals surface area contributed by atoms with Crippen molar-refractivity contribution in [1.82, 2.24) is 0 Å². The SMILES string of the molecule is Clc1ccc(C(CI)OC2COC2)cc1. The van der Waals surface area contributed by atoms with Gasteiger partial charge in [0.2, 0.25) is 0 Å². The maximum Gasteiger partial charge on any atom is 0.105 e. The monoisotopic (exact) mass is 338 g/mol. The lowest BCUT2D eigenvalue weighted by molar-refractivity contribution is -0.150. The molecule has 0 spiro atoms. The van der Waals surface area contributed by atoms with E-state index >= 15 is 0 Å². The standard InChI is InChI=1S/C11H12ClIO2/c12-9-3-1-8(2-4-9)11(5-13)15-10-6-14-7-10/h1-4,10-11H,5-7H2. The number of hydrogen-bond donors (Lipinski definition) is 0. The highest BCUT2D eigenvalue weighted by atomic mass is 127. The lowest BCUT2D eigenvalue weighted by atomic mass is 10.1. The predicted molar refractivity (Wildman–Crippen MR) is 68.8 cm³/mol. The molecule has 2 rings (SSSR count). The molecule has 1 fully saturated rings. The number of ether oxygens (including phenoxy) is 2. The molecule has 0 aliphatic carbocycles. The summed E-state index contributed by atoms with van der Waals surface area (Å²) in [5.41, 5.74) is 1.18. The molecule has 1 aromatic carbocycles. The van der Waals surface area contributed by atoms with Gasteiger partial charge in [0.25, 0.3) is 0 Å². The van der Waals surface area contributed by atoms with Gasteiger partial charge >= 0.3 is 0 Å². The fraction of sp³-hybridized carbons (Fsp3) is 0.455. The molecule has 0 aromatic heterocycles. The first kappa shape index (κ1) is 11.6. The second-order valence-corrected chi connectivity index (χ2v) is 4.81. The Morgan fingerprint density at radius 1 is 1.40 bits per heavy atom. The van der Waals surface area contributed by atoms with Gasteiger partial charge in [0.05, 0.1) is 19.3 Å². The van der Waals surface area contributed by atoms with Crippen LogP contribution in [-0.2, 0) is 9.47 Å². The van der Waals surface area contributed by atoms with Crippen molar-refractivity contribution < 1.29 is 9.47 Å². The normalized spacial score (nSPS) is 18.5. The topological polar surface area (TPSA) is 18.5 Å². The molecular formula is C11H12ClIO2. The van der Waals surface area contributed by atoms with Crippen LogP contribution in [0.3, 0.4) is 0 Å². The van der Waals surface area contributed by atoms with E-state index in [4.69, 9.17) is 21.1 Å². The van der Waals surface area contributed by atoms with Crippen molar-refractivity contribution in [3.05, 3.63) is 34.9 Å². The van der Waals surface area contributed by atoms with Crippen LogP contribution in [0.1, 0.15) is 11.7 Å². The van der Waals surface area contributed by atoms with E-state index in [1.54, 1.807) is 0 Å². The fourth-order valence-corrected chi connectivity index (χ4v) is 2.25. The summed E-state index contributed by atoms with van der Waals surface area (Å²) in [6, 6.07) is 7.84. The number of rotatable bonds is 4. The van der Waals surface area contributed by atoms with Crippen LogP contribution in [-0.4, -0.2) is 23.7 Å². The number of halogens is 2. The minimum Gasteiger partial charge on any atom is -0.376 e. The molecule has 1 aliphatic rings. The molecule has 0 bridgehead atoms. The average Bonchev–Trinajstić information content (AvgIpc) is 2.19. The lowest BCUT2D eigenvalue weighted by Gasteiger charge is -2.30. The van der Waals surface area contributed by atoms with E-state index in [2.05, 4.69) is 22.6 Å². The molecule has 0 N–H and O–H groups in total. The highest BCUT2D eigenvalue weighted by Crippen LogP contribution is 2.25. The van der Waals surface area contributed by atoms with Crippen LogP contribution in [0.15, 0.2) is 24.3 Å². The Morgan fingerprint density at radius 3 is 2.53 bits per heavy atom. The second-order valence-electron chi connectivity index (χ2n) is 3.49. The molecular weight excluding hydrogens is 326 g/mol. The van der Waals surface area contributed by atoms with Crippen molar-refractivity contribution in [3.8, 4) is 0 Å². The van der Waals surface area contributed by atoms with Gasteiger partial charge < -0.3 is 9.47 Å². The van der Waals surface area contributed by atoms with Crippen LogP contribution in [0, 0.1) is 0 Å². The summed E-state index contributed by atoms with van der Waals surface area (Å²) in [5.74, 6) is 0. The molecule has 1 aromatic rings. The van der Waals surface area contributed by atoms with E-state index in [9.17, 15) is 0 Å². The van der Waals surface area contributed by atoms with Crippen molar-refractivity contribution in [2.45, 2.75) is 12.2 Å². The number of hydrogen-bond acceptors (Lipinski definition) is 2. The Hall–Kier alpha value is 0.160. The second kappa shape index (κ2) is 5.48. The minimum absolute atomic E-state index is 0.150. The Kier molecular flexibility index (Phi) is 4.25. The first-order valence-electron chi connectivity index (χ1n) is 4.84. The highest BCUT2D eigenvalue weighted by Gasteiger charge is 2.23. The zero-order valence-corrected chi connectivity index (χ0v) is 11.1. The van der Waals surface area contributed by atoms with Gasteiger partial charge in [0.1, 0.15) is 6.10 Å². The maximum absolute atomic E-state index is 5.89. The van der Waals surface area contributed by atoms with Gasteiger partial charge in [-0.1, -0.05) is 46.3 Å². The van der Waals surface area contributed by atoms with Gasteiger partial charge in [0, 0.05) is 9.45 Å². The summed E-state index contributed by atoms with van der Waals surface area (Å²) in [6.07, 6.45) is 0.414. The maximum atomic E-state index is 5.89. The summed E-state index contributed by atoms with van der Waals surface area (Å²) in [7, 11) is 0.